The monoisotopic (exact) mass is 569 g/mol. The fourth-order valence-electron chi connectivity index (χ4n) is 4.81. The first-order valence-corrected chi connectivity index (χ1v) is 13.3. The molecule has 2 unspecified atom stereocenters. The fraction of sp³-hybridized carbons (Fsp3) is 0.241. The summed E-state index contributed by atoms with van der Waals surface area (Å²) < 4.78 is 15.0. The van der Waals surface area contributed by atoms with E-state index >= 15 is 0 Å². The maximum atomic E-state index is 12.7. The van der Waals surface area contributed by atoms with Crippen molar-refractivity contribution in [3.8, 4) is 0 Å². The van der Waals surface area contributed by atoms with Crippen molar-refractivity contribution in [2.75, 3.05) is 18.5 Å². The second-order valence-corrected chi connectivity index (χ2v) is 9.63. The van der Waals surface area contributed by atoms with Crippen LogP contribution in [0.2, 0.25) is 0 Å². The van der Waals surface area contributed by atoms with E-state index in [-0.39, 0.29) is 24.2 Å². The number of fused-ring (bicyclic) bond motifs is 1. The van der Waals surface area contributed by atoms with Gasteiger partial charge in [-0.1, -0.05) is 36.4 Å². The van der Waals surface area contributed by atoms with E-state index in [0.29, 0.717) is 34.4 Å². The average Bonchev–Trinajstić information content (AvgIpc) is 3.76. The van der Waals surface area contributed by atoms with E-state index in [1.54, 1.807) is 59.3 Å². The summed E-state index contributed by atoms with van der Waals surface area (Å²) in [5, 5.41) is 23.5. The third-order valence-electron chi connectivity index (χ3n) is 6.95. The molecule has 0 radical (unpaired) electrons. The molecule has 2 aromatic carbocycles. The van der Waals surface area contributed by atoms with Gasteiger partial charge in [-0.15, -0.1) is 0 Å². The summed E-state index contributed by atoms with van der Waals surface area (Å²) in [5.41, 5.74) is 2.29. The van der Waals surface area contributed by atoms with Crippen LogP contribution in [0.3, 0.4) is 0 Å². The van der Waals surface area contributed by atoms with Crippen molar-refractivity contribution in [2.45, 2.75) is 31.0 Å². The van der Waals surface area contributed by atoms with Crippen LogP contribution in [-0.4, -0.2) is 82.6 Å². The first kappa shape index (κ1) is 27.4. The Hall–Kier alpha value is -4.82. The number of carbonyl (C=O) groups is 2. The Labute approximate surface area is 239 Å². The van der Waals surface area contributed by atoms with Crippen LogP contribution >= 0.6 is 0 Å². The predicted octanol–water partition coefficient (Wildman–Crippen LogP) is 1.84. The normalized spacial score (nSPS) is 20.1. The summed E-state index contributed by atoms with van der Waals surface area (Å²) >= 11 is 0. The third kappa shape index (κ3) is 5.41. The minimum absolute atomic E-state index is 0.149. The minimum Gasteiger partial charge on any atom is -0.394 e. The number of hydrogen-bond acceptors (Lipinski definition) is 10. The van der Waals surface area contributed by atoms with Crippen molar-refractivity contribution in [3.63, 3.8) is 0 Å². The number of amides is 1. The zero-order valence-electron chi connectivity index (χ0n) is 22.2. The van der Waals surface area contributed by atoms with Crippen molar-refractivity contribution >= 4 is 28.8 Å². The minimum atomic E-state index is -1.14. The molecule has 0 aliphatic carbocycles. The van der Waals surface area contributed by atoms with E-state index in [0.717, 1.165) is 0 Å². The van der Waals surface area contributed by atoms with Crippen LogP contribution in [0.4, 0.5) is 5.82 Å². The summed E-state index contributed by atoms with van der Waals surface area (Å²) in [5.74, 6) is -0.343. The quantitative estimate of drug-likeness (QED) is 0.238. The van der Waals surface area contributed by atoms with Crippen LogP contribution in [0, 0.1) is 0 Å². The van der Waals surface area contributed by atoms with Gasteiger partial charge in [-0.2, -0.15) is 0 Å². The van der Waals surface area contributed by atoms with Crippen LogP contribution in [-0.2, 0) is 15.9 Å². The molecule has 3 N–H and O–H groups in total. The molecule has 42 heavy (non-hydrogen) atoms. The summed E-state index contributed by atoms with van der Waals surface area (Å²) in [7, 11) is 0. The van der Waals surface area contributed by atoms with Gasteiger partial charge in [-0.25, -0.2) is 19.9 Å². The molecule has 4 atom stereocenters. The highest BCUT2D eigenvalue weighted by Crippen LogP contribution is 2.34. The molecule has 1 aliphatic rings. The van der Waals surface area contributed by atoms with Crippen LogP contribution < -0.4 is 5.32 Å². The SMILES string of the molecule is O=C(Nc1ncnc2c1ncn2[C@@H]1O[C@H](CO)C(O)C1OCCc1cn(C(=O)c2ccccc2)cn1)c1ccccc1. The zero-order valence-corrected chi connectivity index (χ0v) is 22.2. The Kier molecular flexibility index (Phi) is 7.79. The van der Waals surface area contributed by atoms with E-state index in [2.05, 4.69) is 25.3 Å². The second kappa shape index (κ2) is 12.0. The molecule has 5 aromatic rings. The van der Waals surface area contributed by atoms with Crippen LogP contribution in [0.5, 0.6) is 0 Å². The number of nitrogens with one attached hydrogen (secondary N) is 1. The van der Waals surface area contributed by atoms with Gasteiger partial charge >= 0.3 is 0 Å². The molecule has 1 saturated heterocycles. The number of anilines is 1. The lowest BCUT2D eigenvalue weighted by molar-refractivity contribution is -0.0699. The van der Waals surface area contributed by atoms with Crippen molar-refractivity contribution in [3.05, 3.63) is 103 Å². The van der Waals surface area contributed by atoms with Gasteiger partial charge in [0.15, 0.2) is 23.2 Å². The molecule has 1 aliphatic heterocycles. The Morgan fingerprint density at radius 2 is 1.69 bits per heavy atom. The molecule has 1 amide bonds. The highest BCUT2D eigenvalue weighted by molar-refractivity contribution is 6.06. The predicted molar refractivity (Wildman–Crippen MR) is 149 cm³/mol. The lowest BCUT2D eigenvalue weighted by Crippen LogP contribution is -2.36. The number of hydrogen-bond donors (Lipinski definition) is 3. The smallest absolute Gasteiger partial charge is 0.263 e. The van der Waals surface area contributed by atoms with Crippen molar-refractivity contribution in [2.24, 2.45) is 0 Å². The molecule has 3 aromatic heterocycles. The molecule has 214 valence electrons. The van der Waals surface area contributed by atoms with Gasteiger partial charge in [0.1, 0.15) is 31.0 Å². The summed E-state index contributed by atoms with van der Waals surface area (Å²) in [6.45, 7) is -0.278. The highest BCUT2D eigenvalue weighted by Gasteiger charge is 2.46. The topological polar surface area (TPSA) is 167 Å². The zero-order chi connectivity index (χ0) is 29.1. The van der Waals surface area contributed by atoms with Gasteiger partial charge in [0.25, 0.3) is 11.8 Å². The Morgan fingerprint density at radius 1 is 0.952 bits per heavy atom. The Morgan fingerprint density at radius 3 is 2.43 bits per heavy atom. The van der Waals surface area contributed by atoms with Gasteiger partial charge in [-0.3, -0.25) is 18.7 Å². The van der Waals surface area contributed by atoms with Gasteiger partial charge < -0.3 is 25.0 Å². The number of aliphatic hydroxyl groups excluding tert-OH is 2. The first-order chi connectivity index (χ1) is 20.5. The summed E-state index contributed by atoms with van der Waals surface area (Å²) in [6, 6.07) is 17.6. The molecule has 0 saturated carbocycles. The van der Waals surface area contributed by atoms with Crippen LogP contribution in [0.25, 0.3) is 11.2 Å². The maximum Gasteiger partial charge on any atom is 0.263 e. The van der Waals surface area contributed by atoms with Gasteiger partial charge in [0.05, 0.1) is 25.2 Å². The van der Waals surface area contributed by atoms with Crippen LogP contribution in [0.15, 0.2) is 85.8 Å². The molecule has 13 heteroatoms. The fourth-order valence-corrected chi connectivity index (χ4v) is 4.81. The van der Waals surface area contributed by atoms with E-state index in [9.17, 15) is 19.8 Å². The standard InChI is InChI=1S/C29H27N7O6/c37-14-21-23(38)24(41-12-11-20-13-35(16-32-20)28(40)19-9-5-2-6-10-19)29(42-21)36-17-33-22-25(30-15-31-26(22)36)34-27(39)18-7-3-1-4-8-18/h1-10,13,15-17,21,23-24,29,37-38H,11-12,14H2,(H,30,31,34,39)/t21-,23?,24?,29-/m1/s1. The maximum absolute atomic E-state index is 12.7. The van der Waals surface area contributed by atoms with Gasteiger partial charge in [-0.05, 0) is 24.3 Å². The van der Waals surface area contributed by atoms with Gasteiger partial charge in [0.2, 0.25) is 0 Å². The van der Waals surface area contributed by atoms with E-state index < -0.39 is 31.1 Å². The largest absolute Gasteiger partial charge is 0.394 e. The van der Waals surface area contributed by atoms with E-state index in [1.807, 2.05) is 12.1 Å². The molecule has 13 nitrogen and oxygen atoms in total. The number of imidazole rings is 2. The molecule has 6 rings (SSSR count). The first-order valence-electron chi connectivity index (χ1n) is 13.3. The average molecular weight is 570 g/mol. The highest BCUT2D eigenvalue weighted by atomic mass is 16.6. The molecule has 0 bridgehead atoms. The number of aliphatic hydroxyl groups is 2. The molecule has 0 spiro atoms. The van der Waals surface area contributed by atoms with Crippen molar-refractivity contribution in [1.82, 2.24) is 29.1 Å². The number of carbonyl (C=O) groups excluding carboxylic acids is 2. The van der Waals surface area contributed by atoms with E-state index in [4.69, 9.17) is 9.47 Å². The molecule has 4 heterocycles. The number of ether oxygens (including phenoxy) is 2. The number of benzene rings is 2. The molecule has 1 fully saturated rings. The van der Waals surface area contributed by atoms with Crippen LogP contribution in [0.1, 0.15) is 32.6 Å². The second-order valence-electron chi connectivity index (χ2n) is 9.63. The Balaban J connectivity index is 1.17. The number of rotatable bonds is 9. The summed E-state index contributed by atoms with van der Waals surface area (Å²) in [6.07, 6.45) is 2.39. The molecular formula is C29H27N7O6. The van der Waals surface area contributed by atoms with Gasteiger partial charge in [0, 0.05) is 23.7 Å². The number of nitrogens with zero attached hydrogens (tertiary/aromatic N) is 6. The van der Waals surface area contributed by atoms with Crippen molar-refractivity contribution < 1.29 is 29.3 Å². The lowest BCUT2D eigenvalue weighted by atomic mass is 10.1. The third-order valence-corrected chi connectivity index (χ3v) is 6.95. The summed E-state index contributed by atoms with van der Waals surface area (Å²) in [4.78, 5) is 42.6. The lowest BCUT2D eigenvalue weighted by Gasteiger charge is -2.22. The van der Waals surface area contributed by atoms with E-state index in [1.165, 1.54) is 23.5 Å². The van der Waals surface area contributed by atoms with Crippen molar-refractivity contribution in [1.29, 1.82) is 0 Å². The molecular weight excluding hydrogens is 542 g/mol. The number of aromatic nitrogens is 6. The Bertz CT molecular complexity index is 1690.